The second kappa shape index (κ2) is 12.8. The smallest absolute Gasteiger partial charge is 0.260 e. The molecule has 1 saturated heterocycles. The van der Waals surface area contributed by atoms with E-state index in [2.05, 4.69) is 55.3 Å². The molecule has 14 heteroatoms. The third kappa shape index (κ3) is 6.69. The number of piperidine rings is 1. The minimum Gasteiger partial charge on any atom is -0.491 e. The molecule has 2 aromatic heterocycles. The molecule has 3 aromatic rings. The monoisotopic (exact) mass is 832 g/mol. The highest BCUT2D eigenvalue weighted by Gasteiger charge is 2.31. The summed E-state index contributed by atoms with van der Waals surface area (Å²) in [5.74, 6) is 1.03. The summed E-state index contributed by atoms with van der Waals surface area (Å²) in [7, 11) is 1.55. The molecule has 1 fully saturated rings. The number of halogens is 5. The van der Waals surface area contributed by atoms with Crippen molar-refractivity contribution >= 4 is 103 Å². The molecule has 0 aliphatic carbocycles. The zero-order valence-electron chi connectivity index (χ0n) is 20.4. The Kier molecular flexibility index (Phi) is 9.64. The maximum atomic E-state index is 12.8. The van der Waals surface area contributed by atoms with Crippen LogP contribution in [0.25, 0.3) is 0 Å². The van der Waals surface area contributed by atoms with E-state index in [0.717, 1.165) is 36.5 Å². The van der Waals surface area contributed by atoms with E-state index < -0.39 is 6.10 Å². The number of hydrogen-bond acceptors (Lipinski definition) is 8. The van der Waals surface area contributed by atoms with Gasteiger partial charge in [0.05, 0.1) is 27.9 Å². The first-order valence-electron chi connectivity index (χ1n) is 11.9. The summed E-state index contributed by atoms with van der Waals surface area (Å²) in [5, 5.41) is 8.65. The number of thiazole rings is 1. The van der Waals surface area contributed by atoms with Gasteiger partial charge in [0.15, 0.2) is 18.5 Å². The first-order valence-corrected chi connectivity index (χ1v) is 16.0. The Hall–Kier alpha value is -1.13. The number of likely N-dealkylation sites (tertiary alicyclic amines) is 1. The molecule has 0 saturated carbocycles. The largest absolute Gasteiger partial charge is 0.491 e. The number of amides is 1. The van der Waals surface area contributed by atoms with Gasteiger partial charge in [-0.3, -0.25) is 4.79 Å². The molecule has 0 spiro atoms. The molecule has 1 amide bonds. The fraction of sp³-hybridized carbons (Fsp3) is 0.360. The van der Waals surface area contributed by atoms with Crippen molar-refractivity contribution in [1.29, 1.82) is 0 Å². The van der Waals surface area contributed by atoms with E-state index in [1.807, 2.05) is 16.3 Å². The molecule has 1 atom stereocenters. The lowest BCUT2D eigenvalue weighted by atomic mass is 9.97. The molecule has 0 N–H and O–H groups in total. The van der Waals surface area contributed by atoms with Gasteiger partial charge in [0.25, 0.3) is 11.8 Å². The van der Waals surface area contributed by atoms with Crippen molar-refractivity contribution in [2.75, 3.05) is 26.8 Å². The van der Waals surface area contributed by atoms with E-state index in [0.29, 0.717) is 51.8 Å². The van der Waals surface area contributed by atoms with Gasteiger partial charge in [-0.25, -0.2) is 9.97 Å². The summed E-state index contributed by atoms with van der Waals surface area (Å²) >= 11 is 24.7. The fourth-order valence-electron chi connectivity index (χ4n) is 4.43. The van der Waals surface area contributed by atoms with Crippen LogP contribution in [-0.2, 0) is 9.63 Å². The van der Waals surface area contributed by atoms with Crippen molar-refractivity contribution < 1.29 is 19.1 Å². The van der Waals surface area contributed by atoms with Gasteiger partial charge in [-0.15, -0.1) is 11.3 Å². The van der Waals surface area contributed by atoms with Crippen LogP contribution in [0.2, 0.25) is 15.1 Å². The van der Waals surface area contributed by atoms with Crippen molar-refractivity contribution in [3.05, 3.63) is 62.2 Å². The zero-order chi connectivity index (χ0) is 27.7. The Morgan fingerprint density at radius 1 is 1.15 bits per heavy atom. The van der Waals surface area contributed by atoms with Gasteiger partial charge in [0.2, 0.25) is 0 Å². The maximum Gasteiger partial charge on any atom is 0.260 e. The molecule has 39 heavy (non-hydrogen) atoms. The van der Waals surface area contributed by atoms with Crippen molar-refractivity contribution in [2.45, 2.75) is 31.3 Å². The zero-order valence-corrected chi connectivity index (χ0v) is 27.8. The molecule has 8 nitrogen and oxygen atoms in total. The minimum absolute atomic E-state index is 0.0753. The van der Waals surface area contributed by atoms with Gasteiger partial charge in [0.1, 0.15) is 9.41 Å². The van der Waals surface area contributed by atoms with Gasteiger partial charge in [0, 0.05) is 51.0 Å². The van der Waals surface area contributed by atoms with Crippen LogP contribution in [0.1, 0.15) is 47.5 Å². The molecule has 0 radical (unpaired) electrons. The first kappa shape index (κ1) is 29.4. The normalized spacial score (nSPS) is 17.6. The lowest BCUT2D eigenvalue weighted by molar-refractivity contribution is -0.134. The Balaban J connectivity index is 1.14. The van der Waals surface area contributed by atoms with E-state index >= 15 is 0 Å². The van der Waals surface area contributed by atoms with Crippen molar-refractivity contribution in [3.8, 4) is 11.6 Å². The van der Waals surface area contributed by atoms with Gasteiger partial charge >= 0.3 is 0 Å². The lowest BCUT2D eigenvalue weighted by Gasteiger charge is -2.31. The number of pyridine rings is 1. The highest BCUT2D eigenvalue weighted by Crippen LogP contribution is 2.40. The molecule has 2 aliphatic heterocycles. The van der Waals surface area contributed by atoms with Crippen LogP contribution in [0.5, 0.6) is 11.6 Å². The van der Waals surface area contributed by atoms with E-state index in [1.165, 1.54) is 0 Å². The summed E-state index contributed by atoms with van der Waals surface area (Å²) in [4.78, 5) is 29.6. The molecule has 4 heterocycles. The second-order valence-corrected chi connectivity index (χ2v) is 13.2. The third-order valence-corrected chi connectivity index (χ3v) is 11.0. The highest BCUT2D eigenvalue weighted by molar-refractivity contribution is 14.1. The number of ether oxygens (including phenoxy) is 2. The minimum atomic E-state index is -0.392. The number of oxime groups is 1. The van der Waals surface area contributed by atoms with Crippen LogP contribution in [0.4, 0.5) is 0 Å². The Morgan fingerprint density at radius 2 is 1.87 bits per heavy atom. The molecular weight excluding hydrogens is 813 g/mol. The molecule has 2 aliphatic rings. The molecule has 1 aromatic carbocycles. The van der Waals surface area contributed by atoms with Gasteiger partial charge in [-0.05, 0) is 70.2 Å². The summed E-state index contributed by atoms with van der Waals surface area (Å²) < 4.78 is 12.8. The number of benzene rings is 1. The number of methoxy groups -OCH3 is 1. The van der Waals surface area contributed by atoms with Crippen molar-refractivity contribution in [2.24, 2.45) is 5.16 Å². The van der Waals surface area contributed by atoms with Crippen LogP contribution in [0, 0.1) is 7.27 Å². The quantitative estimate of drug-likeness (QED) is 0.183. The van der Waals surface area contributed by atoms with Gasteiger partial charge in [-0.1, -0.05) is 40.0 Å². The Bertz CT molecular complexity index is 1410. The summed E-state index contributed by atoms with van der Waals surface area (Å²) in [5.41, 5.74) is 2.21. The van der Waals surface area contributed by atoms with E-state index in [1.54, 1.807) is 30.6 Å². The SMILES string of the molecule is COc1cc(I)c(I)nc1OCC(=O)N1CCC(c2nc(C3=NOC(c4c(Cl)cc(Cl)cc4Cl)C3)cs2)CC1. The number of nitrogens with zero attached hydrogens (tertiary/aromatic N) is 4. The third-order valence-electron chi connectivity index (χ3n) is 6.47. The van der Waals surface area contributed by atoms with E-state index in [-0.39, 0.29) is 18.4 Å². The van der Waals surface area contributed by atoms with Crippen molar-refractivity contribution in [1.82, 2.24) is 14.9 Å². The van der Waals surface area contributed by atoms with E-state index in [4.69, 9.17) is 54.1 Å². The highest BCUT2D eigenvalue weighted by atomic mass is 127. The summed E-state index contributed by atoms with van der Waals surface area (Å²) in [6, 6.07) is 5.13. The average molecular weight is 834 g/mol. The summed E-state index contributed by atoms with van der Waals surface area (Å²) in [6.07, 6.45) is 1.76. The number of carbonyl (C=O) groups is 1. The average Bonchev–Trinajstić information content (AvgIpc) is 3.59. The van der Waals surface area contributed by atoms with Gasteiger partial charge < -0.3 is 19.2 Å². The van der Waals surface area contributed by atoms with Crippen molar-refractivity contribution in [3.63, 3.8) is 0 Å². The molecule has 5 rings (SSSR count). The molecular formula is C25H21Cl3I2N4O4S. The fourth-order valence-corrected chi connectivity index (χ4v) is 7.27. The first-order chi connectivity index (χ1) is 18.7. The van der Waals surface area contributed by atoms with Crippen LogP contribution in [-0.4, -0.2) is 53.3 Å². The van der Waals surface area contributed by atoms with Crippen LogP contribution in [0.15, 0.2) is 28.7 Å². The number of aromatic nitrogens is 2. The summed E-state index contributed by atoms with van der Waals surface area (Å²) in [6.45, 7) is 1.18. The maximum absolute atomic E-state index is 12.8. The topological polar surface area (TPSA) is 86.1 Å². The number of hydrogen-bond donors (Lipinski definition) is 0. The number of carbonyl (C=O) groups excluding carboxylic acids is 1. The predicted molar refractivity (Wildman–Crippen MR) is 169 cm³/mol. The molecule has 0 bridgehead atoms. The number of rotatable bonds is 7. The second-order valence-electron chi connectivity index (χ2n) is 8.90. The van der Waals surface area contributed by atoms with Gasteiger partial charge in [-0.2, -0.15) is 0 Å². The van der Waals surface area contributed by atoms with Crippen LogP contribution < -0.4 is 9.47 Å². The van der Waals surface area contributed by atoms with Crippen LogP contribution in [0.3, 0.4) is 0 Å². The van der Waals surface area contributed by atoms with Crippen LogP contribution >= 0.6 is 91.3 Å². The standard InChI is InChI=1S/C25H21Cl3I2N4O4S/c1-36-20-8-16(29)23(30)32-24(20)37-10-21(35)34-4-2-12(3-5-34)25-31-18(11-39-25)17-9-19(38-33-17)22-14(27)6-13(26)7-15(22)28/h6-8,11-12,19H,2-5,9-10H2,1H3. The Morgan fingerprint density at radius 3 is 2.56 bits per heavy atom. The lowest BCUT2D eigenvalue weighted by Crippen LogP contribution is -2.40. The molecule has 1 unspecified atom stereocenters. The molecule has 206 valence electrons. The Labute approximate surface area is 271 Å². The van der Waals surface area contributed by atoms with E-state index in [9.17, 15) is 4.79 Å². The predicted octanol–water partition coefficient (Wildman–Crippen LogP) is 7.37.